The molecule has 0 aromatic heterocycles. The molecule has 0 radical (unpaired) electrons. The minimum Gasteiger partial charge on any atom is -0.381 e. The van der Waals surface area contributed by atoms with Crippen LogP contribution in [0.1, 0.15) is 40.0 Å². The van der Waals surface area contributed by atoms with Crippen LogP contribution in [0.2, 0.25) is 0 Å². The van der Waals surface area contributed by atoms with E-state index in [1.165, 1.54) is 0 Å². The van der Waals surface area contributed by atoms with Gasteiger partial charge in [0.1, 0.15) is 0 Å². The fourth-order valence-electron chi connectivity index (χ4n) is 1.67. The first-order chi connectivity index (χ1) is 9.97. The number of nitrogens with zero attached hydrogens (tertiary/aromatic N) is 1. The van der Waals surface area contributed by atoms with E-state index in [2.05, 4.69) is 27.9 Å². The molecule has 0 saturated carbocycles. The van der Waals surface area contributed by atoms with Crippen LogP contribution in [-0.4, -0.2) is 52.3 Å². The number of hydrogen-bond donors (Lipinski definition) is 3. The molecule has 1 amide bonds. The maximum atomic E-state index is 11.7. The third-order valence-electron chi connectivity index (χ3n) is 3.16. The number of unbranched alkanes of at least 4 members (excludes halogenated alkanes) is 1. The largest absolute Gasteiger partial charge is 0.381 e. The van der Waals surface area contributed by atoms with E-state index in [1.54, 1.807) is 14.1 Å². The van der Waals surface area contributed by atoms with E-state index in [0.717, 1.165) is 39.0 Å². The SMILES string of the molecule is CCCCOCCCNC(=NC)NCC(C)(C)C(=O)NC.I. The summed E-state index contributed by atoms with van der Waals surface area (Å²) in [7, 11) is 3.37. The maximum Gasteiger partial charge on any atom is 0.227 e. The molecule has 0 bridgehead atoms. The average molecular weight is 428 g/mol. The number of nitrogens with one attached hydrogen (secondary N) is 3. The van der Waals surface area contributed by atoms with Gasteiger partial charge in [-0.05, 0) is 26.7 Å². The minimum absolute atomic E-state index is 0. The zero-order valence-electron chi connectivity index (χ0n) is 14.6. The lowest BCUT2D eigenvalue weighted by atomic mass is 9.92. The van der Waals surface area contributed by atoms with Gasteiger partial charge in [-0.2, -0.15) is 0 Å². The highest BCUT2D eigenvalue weighted by molar-refractivity contribution is 14.0. The Bertz CT molecular complexity index is 323. The summed E-state index contributed by atoms with van der Waals surface area (Å²) < 4.78 is 5.50. The summed E-state index contributed by atoms with van der Waals surface area (Å²) in [4.78, 5) is 15.8. The van der Waals surface area contributed by atoms with Crippen molar-refractivity contribution >= 4 is 35.8 Å². The zero-order chi connectivity index (χ0) is 16.1. The van der Waals surface area contributed by atoms with Crippen molar-refractivity contribution in [2.75, 3.05) is 40.4 Å². The van der Waals surface area contributed by atoms with Crippen LogP contribution in [0.5, 0.6) is 0 Å². The van der Waals surface area contributed by atoms with Gasteiger partial charge in [-0.15, -0.1) is 24.0 Å². The van der Waals surface area contributed by atoms with Crippen LogP contribution < -0.4 is 16.0 Å². The number of rotatable bonds is 10. The second-order valence-electron chi connectivity index (χ2n) is 5.64. The molecule has 7 heteroatoms. The molecule has 3 N–H and O–H groups in total. The first kappa shape index (κ1) is 23.7. The summed E-state index contributed by atoms with van der Waals surface area (Å²) in [5.74, 6) is 0.718. The summed E-state index contributed by atoms with van der Waals surface area (Å²) in [6, 6.07) is 0. The molecule has 22 heavy (non-hydrogen) atoms. The fraction of sp³-hybridized carbons (Fsp3) is 0.867. The molecule has 0 aliphatic rings. The molecule has 0 heterocycles. The van der Waals surface area contributed by atoms with Gasteiger partial charge in [0.05, 0.1) is 5.41 Å². The quantitative estimate of drug-likeness (QED) is 0.215. The highest BCUT2D eigenvalue weighted by Gasteiger charge is 2.26. The molecule has 0 unspecified atom stereocenters. The topological polar surface area (TPSA) is 74.8 Å². The molecule has 0 spiro atoms. The smallest absolute Gasteiger partial charge is 0.227 e. The standard InChI is InChI=1S/C15H32N4O2.HI/c1-6-7-10-21-11-8-9-18-14(17-5)19-12-15(2,3)13(20)16-4;/h6-12H2,1-5H3,(H,16,20)(H2,17,18,19);1H. The third kappa shape index (κ3) is 11.1. The molecule has 0 aliphatic carbocycles. The van der Waals surface area contributed by atoms with Crippen molar-refractivity contribution in [3.8, 4) is 0 Å². The molecule has 6 nitrogen and oxygen atoms in total. The molecule has 0 saturated heterocycles. The van der Waals surface area contributed by atoms with Crippen LogP contribution in [0.3, 0.4) is 0 Å². The minimum atomic E-state index is -0.477. The van der Waals surface area contributed by atoms with E-state index >= 15 is 0 Å². The Labute approximate surface area is 152 Å². The lowest BCUT2D eigenvalue weighted by molar-refractivity contribution is -0.128. The number of hydrogen-bond acceptors (Lipinski definition) is 3. The van der Waals surface area contributed by atoms with E-state index in [0.29, 0.717) is 12.5 Å². The normalized spacial score (nSPS) is 11.6. The number of carbonyl (C=O) groups excluding carboxylic acids is 1. The van der Waals surface area contributed by atoms with Crippen molar-refractivity contribution in [2.45, 2.75) is 40.0 Å². The molecule has 0 aliphatic heterocycles. The summed E-state index contributed by atoms with van der Waals surface area (Å²) in [6.07, 6.45) is 3.21. The summed E-state index contributed by atoms with van der Waals surface area (Å²) in [6.45, 7) is 8.87. The molecule has 0 aromatic rings. The highest BCUT2D eigenvalue weighted by atomic mass is 127. The van der Waals surface area contributed by atoms with Gasteiger partial charge in [0.2, 0.25) is 5.91 Å². The Morgan fingerprint density at radius 1 is 1.18 bits per heavy atom. The lowest BCUT2D eigenvalue weighted by Crippen LogP contribution is -2.47. The number of ether oxygens (including phenoxy) is 1. The highest BCUT2D eigenvalue weighted by Crippen LogP contribution is 2.12. The fourth-order valence-corrected chi connectivity index (χ4v) is 1.67. The van der Waals surface area contributed by atoms with Crippen molar-refractivity contribution in [3.63, 3.8) is 0 Å². The van der Waals surface area contributed by atoms with Gasteiger partial charge in [-0.3, -0.25) is 9.79 Å². The molecule has 0 rings (SSSR count). The first-order valence-electron chi connectivity index (χ1n) is 7.72. The van der Waals surface area contributed by atoms with Gasteiger partial charge in [0.15, 0.2) is 5.96 Å². The van der Waals surface area contributed by atoms with Crippen LogP contribution in [-0.2, 0) is 9.53 Å². The number of halogens is 1. The lowest BCUT2D eigenvalue weighted by Gasteiger charge is -2.24. The zero-order valence-corrected chi connectivity index (χ0v) is 17.0. The predicted octanol–water partition coefficient (Wildman–Crippen LogP) is 1.75. The van der Waals surface area contributed by atoms with Crippen LogP contribution in [0.4, 0.5) is 0 Å². The van der Waals surface area contributed by atoms with Crippen molar-refractivity contribution < 1.29 is 9.53 Å². The molecular weight excluding hydrogens is 395 g/mol. The second-order valence-corrected chi connectivity index (χ2v) is 5.64. The van der Waals surface area contributed by atoms with Gasteiger partial charge in [-0.25, -0.2) is 0 Å². The van der Waals surface area contributed by atoms with E-state index < -0.39 is 5.41 Å². The number of amides is 1. The molecule has 0 fully saturated rings. The van der Waals surface area contributed by atoms with E-state index in [-0.39, 0.29) is 29.9 Å². The van der Waals surface area contributed by atoms with Crippen molar-refractivity contribution in [2.24, 2.45) is 10.4 Å². The Morgan fingerprint density at radius 3 is 2.36 bits per heavy atom. The van der Waals surface area contributed by atoms with Crippen LogP contribution in [0.15, 0.2) is 4.99 Å². The molecule has 0 aromatic carbocycles. The number of guanidine groups is 1. The van der Waals surface area contributed by atoms with E-state index in [9.17, 15) is 4.79 Å². The summed E-state index contributed by atoms with van der Waals surface area (Å²) >= 11 is 0. The average Bonchev–Trinajstić information content (AvgIpc) is 2.48. The summed E-state index contributed by atoms with van der Waals surface area (Å²) in [5, 5.41) is 9.06. The van der Waals surface area contributed by atoms with Crippen LogP contribution >= 0.6 is 24.0 Å². The second kappa shape index (κ2) is 14.0. The van der Waals surface area contributed by atoms with Gasteiger partial charge in [0, 0.05) is 40.4 Å². The Balaban J connectivity index is 0. The van der Waals surface area contributed by atoms with Gasteiger partial charge in [-0.1, -0.05) is 13.3 Å². The number of aliphatic imine (C=N–C) groups is 1. The molecule has 0 atom stereocenters. The van der Waals surface area contributed by atoms with Crippen molar-refractivity contribution in [1.29, 1.82) is 0 Å². The maximum absolute atomic E-state index is 11.7. The van der Waals surface area contributed by atoms with E-state index in [1.807, 2.05) is 13.8 Å². The van der Waals surface area contributed by atoms with Crippen LogP contribution in [0.25, 0.3) is 0 Å². The van der Waals surface area contributed by atoms with Gasteiger partial charge in [0.25, 0.3) is 0 Å². The Kier molecular flexibility index (Phi) is 15.1. The molecule has 132 valence electrons. The van der Waals surface area contributed by atoms with Gasteiger partial charge >= 0.3 is 0 Å². The Hall–Kier alpha value is -0.570. The van der Waals surface area contributed by atoms with Crippen LogP contribution in [0, 0.1) is 5.41 Å². The first-order valence-corrected chi connectivity index (χ1v) is 7.72. The Morgan fingerprint density at radius 2 is 1.82 bits per heavy atom. The van der Waals surface area contributed by atoms with E-state index in [4.69, 9.17) is 4.74 Å². The van der Waals surface area contributed by atoms with Crippen molar-refractivity contribution in [1.82, 2.24) is 16.0 Å². The molecular formula is C15H33IN4O2. The van der Waals surface area contributed by atoms with Crippen molar-refractivity contribution in [3.05, 3.63) is 0 Å². The monoisotopic (exact) mass is 428 g/mol. The third-order valence-corrected chi connectivity index (χ3v) is 3.16. The van der Waals surface area contributed by atoms with Gasteiger partial charge < -0.3 is 20.7 Å². The number of carbonyl (C=O) groups is 1. The summed E-state index contributed by atoms with van der Waals surface area (Å²) in [5.41, 5.74) is -0.477. The predicted molar refractivity (Wildman–Crippen MR) is 103 cm³/mol.